The van der Waals surface area contributed by atoms with Gasteiger partial charge in [0.05, 0.1) is 12.1 Å². The van der Waals surface area contributed by atoms with E-state index in [1.807, 2.05) is 41.0 Å². The number of hydrogen-bond donors (Lipinski definition) is 1. The summed E-state index contributed by atoms with van der Waals surface area (Å²) in [5.74, 6) is 0.980. The maximum Gasteiger partial charge on any atom is 0.327 e. The molecule has 0 aromatic carbocycles. The standard InChI is InChI=1S/C30H36FN7O2/c1-20-3-2-4-28(34-20)38-26-18-23(31)5-6-25(26)37(30(38)40)24-10-15-36(16-11-24)29(39)22-8-13-35(14-9-22)19-21-7-12-33-27(32)17-21/h2-7,12,17-18,22,24-26H,8-11,13-16,19H2,1H3,(H2,32,33). The molecule has 6 rings (SSSR count). The molecule has 0 radical (unpaired) electrons. The molecule has 2 N–H and O–H groups in total. The van der Waals surface area contributed by atoms with Crippen molar-refractivity contribution in [2.45, 2.75) is 57.3 Å². The molecule has 10 heteroatoms. The minimum atomic E-state index is -0.444. The van der Waals surface area contributed by atoms with Crippen LogP contribution in [0.1, 0.15) is 36.9 Å². The number of urea groups is 1. The molecule has 0 bridgehead atoms. The number of piperidine rings is 2. The van der Waals surface area contributed by atoms with Gasteiger partial charge in [0.1, 0.15) is 17.5 Å². The number of carbonyl (C=O) groups is 2. The fourth-order valence-electron chi connectivity index (χ4n) is 6.61. The molecule has 3 saturated heterocycles. The van der Waals surface area contributed by atoms with E-state index in [1.165, 1.54) is 12.2 Å². The third kappa shape index (κ3) is 5.20. The largest absolute Gasteiger partial charge is 0.384 e. The predicted octanol–water partition coefficient (Wildman–Crippen LogP) is 3.67. The summed E-state index contributed by atoms with van der Waals surface area (Å²) in [7, 11) is 0. The van der Waals surface area contributed by atoms with Gasteiger partial charge in [-0.3, -0.25) is 14.6 Å². The highest BCUT2D eigenvalue weighted by Gasteiger charge is 2.49. The molecular weight excluding hydrogens is 509 g/mol. The van der Waals surface area contributed by atoms with Crippen LogP contribution in [-0.4, -0.2) is 80.9 Å². The van der Waals surface area contributed by atoms with Crippen LogP contribution in [0.4, 0.5) is 20.8 Å². The Kier molecular flexibility index (Phi) is 7.27. The van der Waals surface area contributed by atoms with Crippen molar-refractivity contribution >= 4 is 23.6 Å². The minimum absolute atomic E-state index is 0.0206. The van der Waals surface area contributed by atoms with E-state index in [9.17, 15) is 14.0 Å². The Morgan fingerprint density at radius 2 is 1.85 bits per heavy atom. The topological polar surface area (TPSA) is 98.9 Å². The molecule has 9 nitrogen and oxygen atoms in total. The van der Waals surface area contributed by atoms with E-state index in [0.29, 0.717) is 37.6 Å². The molecule has 3 aliphatic heterocycles. The van der Waals surface area contributed by atoms with Crippen molar-refractivity contribution < 1.29 is 14.0 Å². The Labute approximate surface area is 234 Å². The van der Waals surface area contributed by atoms with Crippen molar-refractivity contribution in [2.24, 2.45) is 5.92 Å². The van der Waals surface area contributed by atoms with E-state index >= 15 is 0 Å². The number of pyridine rings is 2. The molecule has 2 aromatic heterocycles. The number of hydrogen-bond acceptors (Lipinski definition) is 6. The first-order chi connectivity index (χ1) is 19.4. The van der Waals surface area contributed by atoms with Crippen molar-refractivity contribution in [2.75, 3.05) is 36.8 Å². The first kappa shape index (κ1) is 26.4. The summed E-state index contributed by atoms with van der Waals surface area (Å²) in [6.45, 7) is 5.69. The Bertz CT molecular complexity index is 1330. The Hall–Kier alpha value is -3.79. The quantitative estimate of drug-likeness (QED) is 0.616. The maximum absolute atomic E-state index is 14.3. The van der Waals surface area contributed by atoms with Gasteiger partial charge in [0.25, 0.3) is 0 Å². The van der Waals surface area contributed by atoms with Gasteiger partial charge in [-0.05, 0) is 87.7 Å². The van der Waals surface area contributed by atoms with Crippen LogP contribution in [0.15, 0.2) is 60.6 Å². The number of halogens is 1. The second-order valence-corrected chi connectivity index (χ2v) is 11.3. The van der Waals surface area contributed by atoms with E-state index in [2.05, 4.69) is 14.9 Å². The van der Waals surface area contributed by atoms with E-state index in [0.717, 1.165) is 43.7 Å². The number of nitrogens with two attached hydrogens (primary N) is 1. The molecule has 2 unspecified atom stereocenters. The zero-order chi connectivity index (χ0) is 27.8. The zero-order valence-corrected chi connectivity index (χ0v) is 22.8. The number of nitrogens with zero attached hydrogens (tertiary/aromatic N) is 6. The van der Waals surface area contributed by atoms with Gasteiger partial charge in [0, 0.05) is 43.5 Å². The predicted molar refractivity (Wildman–Crippen MR) is 151 cm³/mol. The van der Waals surface area contributed by atoms with Crippen LogP contribution >= 0.6 is 0 Å². The van der Waals surface area contributed by atoms with Gasteiger partial charge in [-0.1, -0.05) is 12.1 Å². The average molecular weight is 546 g/mol. The lowest BCUT2D eigenvalue weighted by atomic mass is 9.93. The Morgan fingerprint density at radius 3 is 2.58 bits per heavy atom. The van der Waals surface area contributed by atoms with Gasteiger partial charge in [-0.2, -0.15) is 0 Å². The number of likely N-dealkylation sites (tertiary alicyclic amines) is 2. The average Bonchev–Trinajstić information content (AvgIpc) is 3.24. The summed E-state index contributed by atoms with van der Waals surface area (Å²) in [6, 6.07) is 8.55. The smallest absolute Gasteiger partial charge is 0.327 e. The fraction of sp³-hybridized carbons (Fsp3) is 0.467. The molecule has 2 atom stereocenters. The van der Waals surface area contributed by atoms with Gasteiger partial charge in [0.15, 0.2) is 0 Å². The minimum Gasteiger partial charge on any atom is -0.384 e. The van der Waals surface area contributed by atoms with Crippen LogP contribution < -0.4 is 10.6 Å². The number of allylic oxidation sites excluding steroid dienone is 2. The fourth-order valence-corrected chi connectivity index (χ4v) is 6.61. The lowest BCUT2D eigenvalue weighted by molar-refractivity contribution is -0.138. The lowest BCUT2D eigenvalue weighted by Gasteiger charge is -2.40. The third-order valence-corrected chi connectivity index (χ3v) is 8.66. The zero-order valence-electron chi connectivity index (χ0n) is 22.8. The number of nitrogen functional groups attached to an aromatic ring is 1. The molecule has 4 aliphatic rings. The number of amides is 3. The van der Waals surface area contributed by atoms with Gasteiger partial charge in [0.2, 0.25) is 5.91 Å². The summed E-state index contributed by atoms with van der Waals surface area (Å²) in [4.78, 5) is 43.6. The summed E-state index contributed by atoms with van der Waals surface area (Å²) in [6.07, 6.45) is 9.58. The second kappa shape index (κ2) is 11.0. The second-order valence-electron chi connectivity index (χ2n) is 11.3. The molecule has 1 aliphatic carbocycles. The van der Waals surface area contributed by atoms with Crippen LogP contribution in [0.25, 0.3) is 0 Å². The van der Waals surface area contributed by atoms with Crippen LogP contribution in [0.2, 0.25) is 0 Å². The summed E-state index contributed by atoms with van der Waals surface area (Å²) in [5.41, 5.74) is 7.76. The number of anilines is 2. The molecule has 5 heterocycles. The van der Waals surface area contributed by atoms with E-state index < -0.39 is 6.04 Å². The molecule has 0 spiro atoms. The Morgan fingerprint density at radius 1 is 1.07 bits per heavy atom. The highest BCUT2D eigenvalue weighted by atomic mass is 19.1. The maximum atomic E-state index is 14.3. The first-order valence-corrected chi connectivity index (χ1v) is 14.2. The summed E-state index contributed by atoms with van der Waals surface area (Å²) < 4.78 is 14.3. The van der Waals surface area contributed by atoms with Crippen molar-refractivity contribution in [1.82, 2.24) is 24.7 Å². The normalized spacial score (nSPS) is 24.4. The molecule has 3 amide bonds. The van der Waals surface area contributed by atoms with Crippen LogP contribution in [-0.2, 0) is 11.3 Å². The van der Waals surface area contributed by atoms with Crippen LogP contribution in [0, 0.1) is 12.8 Å². The number of rotatable bonds is 5. The highest BCUT2D eigenvalue weighted by molar-refractivity contribution is 5.96. The molecule has 2 aromatic rings. The summed E-state index contributed by atoms with van der Waals surface area (Å²) >= 11 is 0. The monoisotopic (exact) mass is 545 g/mol. The van der Waals surface area contributed by atoms with Gasteiger partial charge >= 0.3 is 6.03 Å². The van der Waals surface area contributed by atoms with Crippen LogP contribution in [0.3, 0.4) is 0 Å². The number of carbonyl (C=O) groups excluding carboxylic acids is 2. The number of fused-ring (bicyclic) bond motifs is 1. The van der Waals surface area contributed by atoms with Gasteiger partial charge < -0.3 is 15.5 Å². The number of aryl methyl sites for hydroxylation is 1. The Balaban J connectivity index is 1.07. The van der Waals surface area contributed by atoms with Gasteiger partial charge in [-0.25, -0.2) is 19.2 Å². The van der Waals surface area contributed by atoms with E-state index in [4.69, 9.17) is 5.73 Å². The van der Waals surface area contributed by atoms with Gasteiger partial charge in [-0.15, -0.1) is 0 Å². The third-order valence-electron chi connectivity index (χ3n) is 8.66. The van der Waals surface area contributed by atoms with Crippen molar-refractivity contribution in [3.8, 4) is 0 Å². The first-order valence-electron chi connectivity index (χ1n) is 14.2. The van der Waals surface area contributed by atoms with E-state index in [-0.39, 0.29) is 35.8 Å². The molecular formula is C30H36FN7O2. The molecule has 210 valence electrons. The molecule has 3 fully saturated rings. The van der Waals surface area contributed by atoms with Crippen molar-refractivity contribution in [3.63, 3.8) is 0 Å². The van der Waals surface area contributed by atoms with E-state index in [1.54, 1.807) is 23.2 Å². The lowest BCUT2D eigenvalue weighted by Crippen LogP contribution is -2.52. The molecule has 0 saturated carbocycles. The van der Waals surface area contributed by atoms with Crippen molar-refractivity contribution in [3.05, 3.63) is 71.8 Å². The van der Waals surface area contributed by atoms with Crippen LogP contribution in [0.5, 0.6) is 0 Å². The SMILES string of the molecule is Cc1cccc(N2C(=O)N(C3CCN(C(=O)C4CCN(Cc5ccnc(N)c5)CC4)CC3)C3C=CC(F)=CC32)n1. The number of aromatic nitrogens is 2. The summed E-state index contributed by atoms with van der Waals surface area (Å²) in [5, 5.41) is 0. The molecule has 40 heavy (non-hydrogen) atoms. The highest BCUT2D eigenvalue weighted by Crippen LogP contribution is 2.37. The van der Waals surface area contributed by atoms with Crippen molar-refractivity contribution in [1.29, 1.82) is 0 Å².